The Morgan fingerprint density at radius 1 is 1.09 bits per heavy atom. The summed E-state index contributed by atoms with van der Waals surface area (Å²) in [5, 5.41) is 12.3. The Balaban J connectivity index is 1.35. The van der Waals surface area contributed by atoms with Crippen LogP contribution < -0.4 is 5.32 Å². The average molecular weight is 481 g/mol. The van der Waals surface area contributed by atoms with E-state index < -0.39 is 23.7 Å². The van der Waals surface area contributed by atoms with Crippen molar-refractivity contribution in [3.05, 3.63) is 59.7 Å². The minimum absolute atomic E-state index is 0.0337. The molecule has 0 spiro atoms. The van der Waals surface area contributed by atoms with Gasteiger partial charge in [-0.15, -0.1) is 0 Å². The number of hydrogen-bond acceptors (Lipinski definition) is 5. The second-order valence-corrected chi connectivity index (χ2v) is 9.49. The number of nitrogens with zero attached hydrogens (tertiary/aromatic N) is 1. The Kier molecular flexibility index (Phi) is 7.12. The van der Waals surface area contributed by atoms with Gasteiger partial charge in [-0.25, -0.2) is 9.59 Å². The molecule has 0 aromatic heterocycles. The SMILES string of the molecule is CCN(C(=O)[C@@H]1OCC[C@@H]1CNC(=O)OCC1c2ccccc2-c2ccccc21)C(C)(C)C(=O)O. The van der Waals surface area contributed by atoms with Crippen molar-refractivity contribution in [2.24, 2.45) is 5.92 Å². The van der Waals surface area contributed by atoms with E-state index in [4.69, 9.17) is 9.47 Å². The summed E-state index contributed by atoms with van der Waals surface area (Å²) in [4.78, 5) is 38.6. The second-order valence-electron chi connectivity index (χ2n) is 9.49. The summed E-state index contributed by atoms with van der Waals surface area (Å²) < 4.78 is 11.2. The Labute approximate surface area is 205 Å². The first-order valence-corrected chi connectivity index (χ1v) is 12.0. The standard InChI is InChI=1S/C27H32N2O6/c1-4-29(27(2,3)25(31)32)24(30)23-17(13-14-34-23)15-28-26(33)35-16-22-20-11-7-5-9-18(20)19-10-6-8-12-21(19)22/h5-12,17,22-23H,4,13-16H2,1-3H3,(H,28,33)(H,31,32)/t17-,23-/m1/s1. The van der Waals surface area contributed by atoms with Crippen LogP contribution in [0.1, 0.15) is 44.2 Å². The summed E-state index contributed by atoms with van der Waals surface area (Å²) in [6, 6.07) is 16.3. The lowest BCUT2D eigenvalue weighted by molar-refractivity contribution is -0.161. The Morgan fingerprint density at radius 3 is 2.26 bits per heavy atom. The number of ether oxygens (including phenoxy) is 2. The van der Waals surface area contributed by atoms with Crippen LogP contribution in [0.5, 0.6) is 0 Å². The molecule has 2 aromatic rings. The zero-order valence-corrected chi connectivity index (χ0v) is 20.3. The van der Waals surface area contributed by atoms with E-state index in [1.807, 2.05) is 24.3 Å². The van der Waals surface area contributed by atoms with Crippen LogP contribution in [-0.4, -0.2) is 65.9 Å². The van der Waals surface area contributed by atoms with Crippen molar-refractivity contribution >= 4 is 18.0 Å². The molecule has 2 amide bonds. The third-order valence-electron chi connectivity index (χ3n) is 7.09. The fourth-order valence-corrected chi connectivity index (χ4v) is 5.08. The van der Waals surface area contributed by atoms with Crippen LogP contribution in [0.25, 0.3) is 11.1 Å². The highest BCUT2D eigenvalue weighted by Crippen LogP contribution is 2.44. The lowest BCUT2D eigenvalue weighted by Gasteiger charge is -2.36. The molecule has 0 bridgehead atoms. The molecule has 1 aliphatic heterocycles. The van der Waals surface area contributed by atoms with Gasteiger partial charge in [0.05, 0.1) is 0 Å². The molecule has 8 heteroatoms. The molecule has 4 rings (SSSR count). The number of nitrogens with one attached hydrogen (secondary N) is 1. The molecule has 1 fully saturated rings. The quantitative estimate of drug-likeness (QED) is 0.598. The molecule has 1 heterocycles. The molecule has 1 aliphatic carbocycles. The number of hydrogen-bond donors (Lipinski definition) is 2. The maximum atomic E-state index is 13.1. The van der Waals surface area contributed by atoms with Crippen LogP contribution in [0.4, 0.5) is 4.79 Å². The van der Waals surface area contributed by atoms with Gasteiger partial charge in [0.15, 0.2) is 0 Å². The zero-order valence-electron chi connectivity index (χ0n) is 20.3. The molecule has 8 nitrogen and oxygen atoms in total. The zero-order chi connectivity index (χ0) is 25.2. The first-order valence-electron chi connectivity index (χ1n) is 12.0. The predicted octanol–water partition coefficient (Wildman–Crippen LogP) is 3.64. The third-order valence-corrected chi connectivity index (χ3v) is 7.09. The van der Waals surface area contributed by atoms with Crippen LogP contribution in [-0.2, 0) is 19.1 Å². The molecule has 2 atom stereocenters. The van der Waals surface area contributed by atoms with E-state index in [1.165, 1.54) is 18.7 Å². The molecule has 2 N–H and O–H groups in total. The van der Waals surface area contributed by atoms with E-state index in [0.29, 0.717) is 13.0 Å². The number of benzene rings is 2. The summed E-state index contributed by atoms with van der Waals surface area (Å²) in [7, 11) is 0. The summed E-state index contributed by atoms with van der Waals surface area (Å²) in [6.45, 7) is 5.76. The molecule has 0 radical (unpaired) electrons. The number of aliphatic carboxylic acids is 1. The van der Waals surface area contributed by atoms with Gasteiger partial charge < -0.3 is 24.8 Å². The van der Waals surface area contributed by atoms with Crippen LogP contribution in [0.15, 0.2) is 48.5 Å². The van der Waals surface area contributed by atoms with Gasteiger partial charge in [0.2, 0.25) is 0 Å². The van der Waals surface area contributed by atoms with Gasteiger partial charge in [-0.05, 0) is 49.4 Å². The molecular formula is C27H32N2O6. The van der Waals surface area contributed by atoms with E-state index in [1.54, 1.807) is 6.92 Å². The van der Waals surface area contributed by atoms with Crippen molar-refractivity contribution in [3.8, 4) is 11.1 Å². The summed E-state index contributed by atoms with van der Waals surface area (Å²) in [6.07, 6.45) is -0.767. The molecule has 0 unspecified atom stereocenters. The second kappa shape index (κ2) is 10.1. The third kappa shape index (κ3) is 4.75. The minimum Gasteiger partial charge on any atom is -0.480 e. The van der Waals surface area contributed by atoms with Gasteiger partial charge >= 0.3 is 12.1 Å². The lowest BCUT2D eigenvalue weighted by Crippen LogP contribution is -2.57. The number of carbonyl (C=O) groups excluding carboxylic acids is 2. The Bertz CT molecular complexity index is 1070. The average Bonchev–Trinajstić information content (AvgIpc) is 3.44. The van der Waals surface area contributed by atoms with Crippen LogP contribution >= 0.6 is 0 Å². The van der Waals surface area contributed by atoms with Gasteiger partial charge in [0.1, 0.15) is 18.2 Å². The summed E-state index contributed by atoms with van der Waals surface area (Å²) >= 11 is 0. The monoisotopic (exact) mass is 480 g/mol. The van der Waals surface area contributed by atoms with E-state index in [2.05, 4.69) is 29.6 Å². The molecule has 186 valence electrons. The molecule has 0 saturated carbocycles. The van der Waals surface area contributed by atoms with Crippen molar-refractivity contribution in [2.45, 2.75) is 44.8 Å². The van der Waals surface area contributed by atoms with Crippen LogP contribution in [0.3, 0.4) is 0 Å². The van der Waals surface area contributed by atoms with Crippen molar-refractivity contribution < 1.29 is 29.0 Å². The van der Waals surface area contributed by atoms with Gasteiger partial charge in [-0.1, -0.05) is 48.5 Å². The first kappa shape index (κ1) is 24.7. The van der Waals surface area contributed by atoms with E-state index in [9.17, 15) is 19.5 Å². The van der Waals surface area contributed by atoms with Crippen molar-refractivity contribution in [3.63, 3.8) is 0 Å². The number of amides is 2. The molecule has 2 aromatic carbocycles. The maximum Gasteiger partial charge on any atom is 0.407 e. The molecule has 2 aliphatic rings. The Morgan fingerprint density at radius 2 is 1.69 bits per heavy atom. The van der Waals surface area contributed by atoms with E-state index in [0.717, 1.165) is 22.3 Å². The fourth-order valence-electron chi connectivity index (χ4n) is 5.08. The smallest absolute Gasteiger partial charge is 0.407 e. The maximum absolute atomic E-state index is 13.1. The minimum atomic E-state index is -1.36. The van der Waals surface area contributed by atoms with Gasteiger partial charge in [-0.2, -0.15) is 0 Å². The number of carbonyl (C=O) groups is 3. The summed E-state index contributed by atoms with van der Waals surface area (Å²) in [5.74, 6) is -1.76. The number of fused-ring (bicyclic) bond motifs is 3. The lowest BCUT2D eigenvalue weighted by atomic mass is 9.96. The van der Waals surface area contributed by atoms with Crippen molar-refractivity contribution in [1.29, 1.82) is 0 Å². The highest BCUT2D eigenvalue weighted by atomic mass is 16.5. The van der Waals surface area contributed by atoms with Crippen molar-refractivity contribution in [1.82, 2.24) is 10.2 Å². The number of likely N-dealkylation sites (N-methyl/N-ethyl adjacent to an activating group) is 1. The topological polar surface area (TPSA) is 105 Å². The fraction of sp³-hybridized carbons (Fsp3) is 0.444. The van der Waals surface area contributed by atoms with E-state index >= 15 is 0 Å². The molecular weight excluding hydrogens is 448 g/mol. The Hall–Kier alpha value is -3.39. The van der Waals surface area contributed by atoms with Crippen LogP contribution in [0.2, 0.25) is 0 Å². The number of alkyl carbamates (subject to hydrolysis) is 1. The normalized spacial score (nSPS) is 19.1. The van der Waals surface area contributed by atoms with Gasteiger partial charge in [-0.3, -0.25) is 4.79 Å². The summed E-state index contributed by atoms with van der Waals surface area (Å²) in [5.41, 5.74) is 3.23. The van der Waals surface area contributed by atoms with E-state index in [-0.39, 0.29) is 37.4 Å². The molecule has 35 heavy (non-hydrogen) atoms. The number of carboxylic acids is 1. The highest BCUT2D eigenvalue weighted by molar-refractivity contribution is 5.89. The highest BCUT2D eigenvalue weighted by Gasteiger charge is 2.44. The van der Waals surface area contributed by atoms with Gasteiger partial charge in [0.25, 0.3) is 5.91 Å². The first-order chi connectivity index (χ1) is 16.8. The van der Waals surface area contributed by atoms with Crippen LogP contribution in [0, 0.1) is 5.92 Å². The molecule has 1 saturated heterocycles. The van der Waals surface area contributed by atoms with Gasteiger partial charge in [0, 0.05) is 31.5 Å². The number of carboxylic acid groups (broad SMARTS) is 1. The predicted molar refractivity (Wildman–Crippen MR) is 130 cm³/mol. The number of rotatable bonds is 8. The van der Waals surface area contributed by atoms with Crippen molar-refractivity contribution in [2.75, 3.05) is 26.3 Å². The largest absolute Gasteiger partial charge is 0.480 e.